The molecule has 2 amide bonds. The Morgan fingerprint density at radius 2 is 1.76 bits per heavy atom. The third kappa shape index (κ3) is 5.59. The molecule has 29 heavy (non-hydrogen) atoms. The zero-order valence-electron chi connectivity index (χ0n) is 18.3. The van der Waals surface area contributed by atoms with E-state index in [9.17, 15) is 9.59 Å². The molecular weight excluding hydrogens is 364 g/mol. The summed E-state index contributed by atoms with van der Waals surface area (Å²) in [5.74, 6) is 0.332. The van der Waals surface area contributed by atoms with Gasteiger partial charge in [0.15, 0.2) is 6.61 Å². The smallest absolute Gasteiger partial charge is 0.261 e. The number of rotatable bonds is 8. The van der Waals surface area contributed by atoms with Gasteiger partial charge in [0.2, 0.25) is 5.91 Å². The third-order valence-electron chi connectivity index (χ3n) is 5.35. The zero-order chi connectivity index (χ0) is 21.6. The maximum atomic E-state index is 13.2. The van der Waals surface area contributed by atoms with Crippen molar-refractivity contribution in [2.45, 2.75) is 53.6 Å². The molecule has 2 aromatic rings. The number of hydrogen-bond donors (Lipinski definition) is 1. The first kappa shape index (κ1) is 22.5. The highest BCUT2D eigenvalue weighted by Gasteiger charge is 2.28. The zero-order valence-corrected chi connectivity index (χ0v) is 18.3. The van der Waals surface area contributed by atoms with Crippen LogP contribution in [0.5, 0.6) is 5.75 Å². The first-order chi connectivity index (χ1) is 13.8. The van der Waals surface area contributed by atoms with Gasteiger partial charge >= 0.3 is 0 Å². The second kappa shape index (κ2) is 10.1. The van der Waals surface area contributed by atoms with Crippen LogP contribution in [0.15, 0.2) is 36.4 Å². The van der Waals surface area contributed by atoms with Crippen LogP contribution in [0.3, 0.4) is 0 Å². The van der Waals surface area contributed by atoms with Crippen molar-refractivity contribution >= 4 is 11.8 Å². The van der Waals surface area contributed by atoms with E-state index in [0.717, 1.165) is 27.8 Å². The van der Waals surface area contributed by atoms with Crippen molar-refractivity contribution in [3.8, 4) is 5.75 Å². The number of nitrogens with zero attached hydrogens (tertiary/aromatic N) is 1. The van der Waals surface area contributed by atoms with Crippen molar-refractivity contribution in [2.75, 3.05) is 13.7 Å². The highest BCUT2D eigenvalue weighted by atomic mass is 16.5. The van der Waals surface area contributed by atoms with Gasteiger partial charge in [0.05, 0.1) is 0 Å². The Kier molecular flexibility index (Phi) is 7.82. The summed E-state index contributed by atoms with van der Waals surface area (Å²) in [7, 11) is 1.59. The van der Waals surface area contributed by atoms with Crippen molar-refractivity contribution in [2.24, 2.45) is 0 Å². The number of hydrogen-bond acceptors (Lipinski definition) is 3. The van der Waals surface area contributed by atoms with Gasteiger partial charge in [-0.1, -0.05) is 37.3 Å². The van der Waals surface area contributed by atoms with Gasteiger partial charge in [-0.25, -0.2) is 0 Å². The van der Waals surface area contributed by atoms with Gasteiger partial charge in [-0.2, -0.15) is 0 Å². The van der Waals surface area contributed by atoms with E-state index < -0.39 is 6.04 Å². The molecule has 0 spiro atoms. The molecule has 1 N–H and O–H groups in total. The van der Waals surface area contributed by atoms with Crippen molar-refractivity contribution in [3.63, 3.8) is 0 Å². The van der Waals surface area contributed by atoms with E-state index in [-0.39, 0.29) is 18.4 Å². The number of aryl methyl sites for hydroxylation is 3. The van der Waals surface area contributed by atoms with Crippen molar-refractivity contribution < 1.29 is 14.3 Å². The van der Waals surface area contributed by atoms with Crippen LogP contribution in [-0.4, -0.2) is 36.4 Å². The average molecular weight is 397 g/mol. The molecule has 0 aromatic heterocycles. The molecule has 0 radical (unpaired) electrons. The molecule has 2 aromatic carbocycles. The Balaban J connectivity index is 2.26. The van der Waals surface area contributed by atoms with Crippen molar-refractivity contribution in [1.29, 1.82) is 0 Å². The van der Waals surface area contributed by atoms with Gasteiger partial charge in [-0.05, 0) is 68.0 Å². The predicted molar refractivity (Wildman–Crippen MR) is 116 cm³/mol. The molecule has 2 rings (SSSR count). The molecule has 0 aliphatic heterocycles. The number of benzene rings is 2. The summed E-state index contributed by atoms with van der Waals surface area (Å²) in [6.07, 6.45) is 0.528. The summed E-state index contributed by atoms with van der Waals surface area (Å²) < 4.78 is 5.89. The van der Waals surface area contributed by atoms with Crippen LogP contribution in [0.4, 0.5) is 0 Å². The predicted octanol–water partition coefficient (Wildman–Crippen LogP) is 3.85. The molecule has 0 bridgehead atoms. The van der Waals surface area contributed by atoms with Gasteiger partial charge in [0.25, 0.3) is 5.91 Å². The molecule has 0 fully saturated rings. The number of nitrogens with one attached hydrogen (secondary N) is 1. The summed E-state index contributed by atoms with van der Waals surface area (Å²) in [5, 5.41) is 2.68. The quantitative estimate of drug-likeness (QED) is 0.737. The SMILES string of the molecule is CC[C@@H](C(=O)NC)N(Cc1ccccc1C)C(=O)COc1cc(C)cc(C)c1C. The lowest BCUT2D eigenvalue weighted by Gasteiger charge is -2.30. The minimum Gasteiger partial charge on any atom is -0.483 e. The van der Waals surface area contributed by atoms with Crippen LogP contribution in [0, 0.1) is 27.7 Å². The van der Waals surface area contributed by atoms with E-state index in [1.165, 1.54) is 0 Å². The minimum absolute atomic E-state index is 0.108. The lowest BCUT2D eigenvalue weighted by Crippen LogP contribution is -2.49. The number of likely N-dealkylation sites (N-methyl/N-ethyl adjacent to an activating group) is 1. The lowest BCUT2D eigenvalue weighted by atomic mass is 10.1. The molecule has 0 aliphatic carbocycles. The van der Waals surface area contributed by atoms with Gasteiger partial charge in [-0.15, -0.1) is 0 Å². The molecule has 0 heterocycles. The monoisotopic (exact) mass is 396 g/mol. The van der Waals surface area contributed by atoms with E-state index >= 15 is 0 Å². The van der Waals surface area contributed by atoms with Crippen molar-refractivity contribution in [3.05, 3.63) is 64.2 Å². The summed E-state index contributed by atoms with van der Waals surface area (Å²) in [4.78, 5) is 27.2. The maximum absolute atomic E-state index is 13.2. The molecule has 156 valence electrons. The maximum Gasteiger partial charge on any atom is 0.261 e. The Morgan fingerprint density at radius 1 is 1.07 bits per heavy atom. The fourth-order valence-electron chi connectivity index (χ4n) is 3.43. The summed E-state index contributed by atoms with van der Waals surface area (Å²) >= 11 is 0. The number of ether oxygens (including phenoxy) is 1. The molecule has 0 unspecified atom stereocenters. The van der Waals surface area contributed by atoms with Gasteiger partial charge in [-0.3, -0.25) is 9.59 Å². The van der Waals surface area contributed by atoms with Gasteiger partial charge in [0, 0.05) is 13.6 Å². The Morgan fingerprint density at radius 3 is 2.38 bits per heavy atom. The van der Waals surface area contributed by atoms with E-state index in [1.54, 1.807) is 11.9 Å². The first-order valence-electron chi connectivity index (χ1n) is 10.0. The number of carbonyl (C=O) groups excluding carboxylic acids is 2. The van der Waals surface area contributed by atoms with Crippen LogP contribution in [0.2, 0.25) is 0 Å². The van der Waals surface area contributed by atoms with E-state index in [4.69, 9.17) is 4.74 Å². The van der Waals surface area contributed by atoms with E-state index in [1.807, 2.05) is 65.0 Å². The van der Waals surface area contributed by atoms with Crippen LogP contribution < -0.4 is 10.1 Å². The molecule has 0 aliphatic rings. The van der Waals surface area contributed by atoms with Gasteiger partial charge < -0.3 is 15.0 Å². The third-order valence-corrected chi connectivity index (χ3v) is 5.35. The summed E-state index contributed by atoms with van der Waals surface area (Å²) in [5.41, 5.74) is 5.34. The molecule has 5 heteroatoms. The molecule has 0 saturated carbocycles. The van der Waals surface area contributed by atoms with Crippen LogP contribution in [0.25, 0.3) is 0 Å². The number of carbonyl (C=O) groups is 2. The normalized spacial score (nSPS) is 11.7. The first-order valence-corrected chi connectivity index (χ1v) is 10.0. The van der Waals surface area contributed by atoms with E-state index in [2.05, 4.69) is 11.4 Å². The Hall–Kier alpha value is -2.82. The number of amides is 2. The lowest BCUT2D eigenvalue weighted by molar-refractivity contribution is -0.142. The molecule has 1 atom stereocenters. The topological polar surface area (TPSA) is 58.6 Å². The van der Waals surface area contributed by atoms with Crippen LogP contribution in [-0.2, 0) is 16.1 Å². The Bertz CT molecular complexity index is 876. The highest BCUT2D eigenvalue weighted by molar-refractivity contribution is 5.88. The fourth-order valence-corrected chi connectivity index (χ4v) is 3.43. The second-order valence-corrected chi connectivity index (χ2v) is 7.48. The van der Waals surface area contributed by atoms with E-state index in [0.29, 0.717) is 18.7 Å². The van der Waals surface area contributed by atoms with Crippen molar-refractivity contribution in [1.82, 2.24) is 10.2 Å². The summed E-state index contributed by atoms with van der Waals surface area (Å²) in [6.45, 7) is 10.2. The average Bonchev–Trinajstić information content (AvgIpc) is 2.70. The van der Waals surface area contributed by atoms with Crippen LogP contribution in [0.1, 0.15) is 41.2 Å². The van der Waals surface area contributed by atoms with Gasteiger partial charge in [0.1, 0.15) is 11.8 Å². The summed E-state index contributed by atoms with van der Waals surface area (Å²) in [6, 6.07) is 11.4. The Labute approximate surface area is 174 Å². The standard InChI is InChI=1S/C24H32N2O3/c1-7-21(24(28)25-6)26(14-20-11-9-8-10-17(20)3)23(27)15-29-22-13-16(2)12-18(4)19(22)5/h8-13,21H,7,14-15H2,1-6H3,(H,25,28)/t21-/m0/s1. The fraction of sp³-hybridized carbons (Fsp3) is 0.417. The second-order valence-electron chi connectivity index (χ2n) is 7.48. The van der Waals surface area contributed by atoms with Crippen LogP contribution >= 0.6 is 0 Å². The highest BCUT2D eigenvalue weighted by Crippen LogP contribution is 2.24. The minimum atomic E-state index is -0.545. The molecule has 0 saturated heterocycles. The molecular formula is C24H32N2O3. The molecule has 5 nitrogen and oxygen atoms in total. The largest absolute Gasteiger partial charge is 0.483 e.